The molecular formula is C17H20O2. The molecule has 0 saturated carbocycles. The fraction of sp³-hybridized carbons (Fsp3) is 0.353. The van der Waals surface area contributed by atoms with Gasteiger partial charge in [-0.25, -0.2) is 0 Å². The summed E-state index contributed by atoms with van der Waals surface area (Å²) in [5.41, 5.74) is 1.12. The molecule has 0 bridgehead atoms. The first kappa shape index (κ1) is 13.8. The first-order valence-electron chi connectivity index (χ1n) is 6.68. The van der Waals surface area contributed by atoms with Crippen LogP contribution in [0.5, 0.6) is 0 Å². The third kappa shape index (κ3) is 3.65. The molecule has 2 nitrogen and oxygen atoms in total. The van der Waals surface area contributed by atoms with E-state index in [9.17, 15) is 4.79 Å². The minimum Gasteiger partial charge on any atom is -0.384 e. The van der Waals surface area contributed by atoms with E-state index in [-0.39, 0.29) is 11.7 Å². The predicted molar refractivity (Wildman–Crippen MR) is 78.3 cm³/mol. The second-order valence-electron chi connectivity index (χ2n) is 5.12. The van der Waals surface area contributed by atoms with Crippen molar-refractivity contribution in [1.29, 1.82) is 0 Å². The maximum absolute atomic E-state index is 12.1. The zero-order chi connectivity index (χ0) is 13.7. The van der Waals surface area contributed by atoms with Crippen molar-refractivity contribution in [3.05, 3.63) is 48.0 Å². The van der Waals surface area contributed by atoms with Gasteiger partial charge in [-0.05, 0) is 22.3 Å². The van der Waals surface area contributed by atoms with Crippen molar-refractivity contribution in [2.75, 3.05) is 13.7 Å². The highest BCUT2D eigenvalue weighted by atomic mass is 16.5. The van der Waals surface area contributed by atoms with Crippen LogP contribution in [-0.2, 0) is 16.0 Å². The number of ketones is 1. The van der Waals surface area contributed by atoms with Crippen LogP contribution in [0, 0.1) is 5.92 Å². The fourth-order valence-corrected chi connectivity index (χ4v) is 2.46. The van der Waals surface area contributed by atoms with Gasteiger partial charge in [-0.2, -0.15) is 0 Å². The Hall–Kier alpha value is -1.67. The van der Waals surface area contributed by atoms with Crippen molar-refractivity contribution in [3.63, 3.8) is 0 Å². The van der Waals surface area contributed by atoms with Crippen LogP contribution in [0.1, 0.15) is 18.9 Å². The Balaban J connectivity index is 2.11. The SMILES string of the molecule is COCC(C)CC(=O)Cc1cccc2ccccc12. The van der Waals surface area contributed by atoms with Crippen LogP contribution >= 0.6 is 0 Å². The van der Waals surface area contributed by atoms with Crippen LogP contribution in [-0.4, -0.2) is 19.5 Å². The largest absolute Gasteiger partial charge is 0.384 e. The molecule has 2 aromatic rings. The molecule has 0 saturated heterocycles. The first-order chi connectivity index (χ1) is 9.20. The summed E-state index contributed by atoms with van der Waals surface area (Å²) in [5.74, 6) is 0.563. The molecule has 0 radical (unpaired) electrons. The van der Waals surface area contributed by atoms with Crippen molar-refractivity contribution in [1.82, 2.24) is 0 Å². The molecule has 100 valence electrons. The number of fused-ring (bicyclic) bond motifs is 1. The standard InChI is InChI=1S/C17H20O2/c1-13(12-19-2)10-16(18)11-15-8-5-7-14-6-3-4-9-17(14)15/h3-9,13H,10-12H2,1-2H3. The highest BCUT2D eigenvalue weighted by Crippen LogP contribution is 2.20. The maximum Gasteiger partial charge on any atom is 0.137 e. The number of hydrogen-bond donors (Lipinski definition) is 0. The normalized spacial score (nSPS) is 12.5. The zero-order valence-electron chi connectivity index (χ0n) is 11.6. The van der Waals surface area contributed by atoms with Gasteiger partial charge >= 0.3 is 0 Å². The summed E-state index contributed by atoms with van der Waals surface area (Å²) in [7, 11) is 1.67. The summed E-state index contributed by atoms with van der Waals surface area (Å²) < 4.78 is 5.07. The third-order valence-corrected chi connectivity index (χ3v) is 3.29. The summed E-state index contributed by atoms with van der Waals surface area (Å²) in [4.78, 5) is 12.1. The number of Topliss-reactive ketones (excluding diaryl/α,β-unsaturated/α-hetero) is 1. The van der Waals surface area contributed by atoms with Crippen LogP contribution < -0.4 is 0 Å². The minimum absolute atomic E-state index is 0.279. The van der Waals surface area contributed by atoms with E-state index in [1.54, 1.807) is 7.11 Å². The van der Waals surface area contributed by atoms with Crippen LogP contribution in [0.4, 0.5) is 0 Å². The van der Waals surface area contributed by atoms with Crippen LogP contribution in [0.25, 0.3) is 10.8 Å². The van der Waals surface area contributed by atoms with E-state index in [4.69, 9.17) is 4.74 Å². The number of methoxy groups -OCH3 is 1. The summed E-state index contributed by atoms with van der Waals surface area (Å²) >= 11 is 0. The summed E-state index contributed by atoms with van der Waals surface area (Å²) in [5, 5.41) is 2.37. The maximum atomic E-state index is 12.1. The van der Waals surface area contributed by atoms with Crippen LogP contribution in [0.15, 0.2) is 42.5 Å². The Kier molecular flexibility index (Phi) is 4.69. The summed E-state index contributed by atoms with van der Waals surface area (Å²) in [6, 6.07) is 14.3. The van der Waals surface area contributed by atoms with Gasteiger partial charge in [0.25, 0.3) is 0 Å². The Morgan fingerprint density at radius 2 is 1.89 bits per heavy atom. The predicted octanol–water partition coefficient (Wildman–Crippen LogP) is 3.62. The average Bonchev–Trinajstić information content (AvgIpc) is 2.39. The topological polar surface area (TPSA) is 26.3 Å². The molecule has 0 amide bonds. The highest BCUT2D eigenvalue weighted by molar-refractivity contribution is 5.90. The molecule has 1 unspecified atom stereocenters. The number of rotatable bonds is 6. The van der Waals surface area contributed by atoms with Gasteiger partial charge in [0.05, 0.1) is 0 Å². The lowest BCUT2D eigenvalue weighted by atomic mass is 9.96. The second kappa shape index (κ2) is 6.48. The number of carbonyl (C=O) groups excluding carboxylic acids is 1. The number of carbonyl (C=O) groups is 1. The summed E-state index contributed by atoms with van der Waals surface area (Å²) in [6.45, 7) is 2.69. The third-order valence-electron chi connectivity index (χ3n) is 3.29. The Morgan fingerprint density at radius 3 is 2.68 bits per heavy atom. The Morgan fingerprint density at radius 1 is 1.16 bits per heavy atom. The molecule has 19 heavy (non-hydrogen) atoms. The minimum atomic E-state index is 0.279. The van der Waals surface area contributed by atoms with Gasteiger partial charge in [-0.3, -0.25) is 4.79 Å². The van der Waals surface area contributed by atoms with E-state index in [0.29, 0.717) is 19.4 Å². The van der Waals surface area contributed by atoms with Crippen molar-refractivity contribution in [3.8, 4) is 0 Å². The van der Waals surface area contributed by atoms with E-state index < -0.39 is 0 Å². The number of ether oxygens (including phenoxy) is 1. The van der Waals surface area contributed by atoms with Gasteiger partial charge in [-0.15, -0.1) is 0 Å². The van der Waals surface area contributed by atoms with Crippen molar-refractivity contribution < 1.29 is 9.53 Å². The van der Waals surface area contributed by atoms with Crippen LogP contribution in [0.3, 0.4) is 0 Å². The molecule has 0 spiro atoms. The van der Waals surface area contributed by atoms with E-state index in [1.165, 1.54) is 10.8 Å². The molecule has 0 aliphatic rings. The van der Waals surface area contributed by atoms with E-state index in [0.717, 1.165) is 5.56 Å². The Labute approximate surface area is 114 Å². The van der Waals surface area contributed by atoms with Gasteiger partial charge in [0.15, 0.2) is 0 Å². The molecule has 2 aromatic carbocycles. The fourth-order valence-electron chi connectivity index (χ4n) is 2.46. The first-order valence-corrected chi connectivity index (χ1v) is 6.68. The zero-order valence-corrected chi connectivity index (χ0v) is 11.6. The van der Waals surface area contributed by atoms with Gasteiger partial charge < -0.3 is 4.74 Å². The van der Waals surface area contributed by atoms with Gasteiger partial charge in [0.2, 0.25) is 0 Å². The smallest absolute Gasteiger partial charge is 0.137 e. The molecular weight excluding hydrogens is 236 g/mol. The van der Waals surface area contributed by atoms with E-state index >= 15 is 0 Å². The van der Waals surface area contributed by atoms with Gasteiger partial charge in [0.1, 0.15) is 5.78 Å². The van der Waals surface area contributed by atoms with E-state index in [2.05, 4.69) is 18.2 Å². The van der Waals surface area contributed by atoms with Crippen molar-refractivity contribution in [2.45, 2.75) is 19.8 Å². The molecule has 0 aromatic heterocycles. The lowest BCUT2D eigenvalue weighted by molar-refractivity contribution is -0.119. The molecule has 0 aliphatic carbocycles. The molecule has 0 N–H and O–H groups in total. The monoisotopic (exact) mass is 256 g/mol. The summed E-state index contributed by atoms with van der Waals surface area (Å²) in [6.07, 6.45) is 1.09. The number of benzene rings is 2. The van der Waals surface area contributed by atoms with Crippen LogP contribution in [0.2, 0.25) is 0 Å². The molecule has 0 heterocycles. The molecule has 0 aliphatic heterocycles. The molecule has 1 atom stereocenters. The molecule has 2 rings (SSSR count). The average molecular weight is 256 g/mol. The lowest BCUT2D eigenvalue weighted by Gasteiger charge is -2.10. The Bertz CT molecular complexity index is 555. The van der Waals surface area contributed by atoms with Crippen molar-refractivity contribution >= 4 is 16.6 Å². The van der Waals surface area contributed by atoms with E-state index in [1.807, 2.05) is 31.2 Å². The lowest BCUT2D eigenvalue weighted by Crippen LogP contribution is -2.12. The highest BCUT2D eigenvalue weighted by Gasteiger charge is 2.11. The quantitative estimate of drug-likeness (QED) is 0.789. The number of hydrogen-bond acceptors (Lipinski definition) is 2. The molecule has 0 fully saturated rings. The molecule has 2 heteroatoms. The van der Waals surface area contributed by atoms with Gasteiger partial charge in [-0.1, -0.05) is 49.4 Å². The second-order valence-corrected chi connectivity index (χ2v) is 5.12. The van der Waals surface area contributed by atoms with Crippen molar-refractivity contribution in [2.24, 2.45) is 5.92 Å². The van der Waals surface area contributed by atoms with Gasteiger partial charge in [0, 0.05) is 26.6 Å².